The van der Waals surface area contributed by atoms with Crippen molar-refractivity contribution in [1.29, 1.82) is 0 Å². The lowest BCUT2D eigenvalue weighted by Gasteiger charge is -2.25. The highest BCUT2D eigenvalue weighted by Crippen LogP contribution is 2.51. The fourth-order valence-electron chi connectivity index (χ4n) is 5.06. The first-order valence-electron chi connectivity index (χ1n) is 10.3. The van der Waals surface area contributed by atoms with Gasteiger partial charge in [0.15, 0.2) is 5.79 Å². The van der Waals surface area contributed by atoms with Gasteiger partial charge in [-0.3, -0.25) is 0 Å². The van der Waals surface area contributed by atoms with Crippen LogP contribution in [-0.4, -0.2) is 36.9 Å². The highest BCUT2D eigenvalue weighted by molar-refractivity contribution is 7.03. The Morgan fingerprint density at radius 1 is 1.13 bits per heavy atom. The number of halogens is 1. The fraction of sp³-hybridized carbons (Fsp3) is 0.348. The molecule has 0 bridgehead atoms. The molecule has 2 aliphatic rings. The molecule has 0 radical (unpaired) electrons. The van der Waals surface area contributed by atoms with Crippen LogP contribution in [0.2, 0.25) is 5.15 Å². The second-order valence-corrected chi connectivity index (χ2v) is 9.65. The summed E-state index contributed by atoms with van der Waals surface area (Å²) in [5.74, 6) is -0.422. The van der Waals surface area contributed by atoms with Crippen LogP contribution in [-0.2, 0) is 9.47 Å². The molecule has 4 atom stereocenters. The topological polar surface area (TPSA) is 62.1 Å². The molecule has 1 saturated carbocycles. The van der Waals surface area contributed by atoms with Gasteiger partial charge in [-0.1, -0.05) is 35.9 Å². The third-order valence-electron chi connectivity index (χ3n) is 6.33. The number of aromatic nitrogens is 4. The van der Waals surface area contributed by atoms with E-state index in [1.54, 1.807) is 0 Å². The Balaban J connectivity index is 1.42. The summed E-state index contributed by atoms with van der Waals surface area (Å²) in [6.45, 7) is 3.97. The summed E-state index contributed by atoms with van der Waals surface area (Å²) in [5.41, 5.74) is 4.40. The molecule has 0 amide bonds. The third kappa shape index (κ3) is 3.19. The van der Waals surface area contributed by atoms with Crippen molar-refractivity contribution in [2.75, 3.05) is 0 Å². The molecule has 1 saturated heterocycles. The van der Waals surface area contributed by atoms with Gasteiger partial charge in [0.05, 0.1) is 17.5 Å². The minimum absolute atomic E-state index is 0.0365. The molecule has 6 nitrogen and oxygen atoms in total. The van der Waals surface area contributed by atoms with E-state index in [1.807, 2.05) is 32.3 Å². The molecule has 6 rings (SSSR count). The molecule has 158 valence electrons. The number of benzene rings is 1. The van der Waals surface area contributed by atoms with Gasteiger partial charge >= 0.3 is 0 Å². The van der Waals surface area contributed by atoms with Crippen molar-refractivity contribution in [3.63, 3.8) is 0 Å². The Bertz CT molecular complexity index is 1260. The van der Waals surface area contributed by atoms with Gasteiger partial charge < -0.3 is 14.0 Å². The van der Waals surface area contributed by atoms with Gasteiger partial charge in [0.1, 0.15) is 23.2 Å². The van der Waals surface area contributed by atoms with Gasteiger partial charge in [-0.05, 0) is 49.0 Å². The van der Waals surface area contributed by atoms with E-state index in [2.05, 4.69) is 48.6 Å². The first kappa shape index (κ1) is 19.4. The molecule has 1 aromatic carbocycles. The number of fused-ring (bicyclic) bond motifs is 2. The summed E-state index contributed by atoms with van der Waals surface area (Å²) in [6, 6.07) is 10.8. The SMILES string of the molecule is CC1(C)O[C@@H]2[C@H](O1)[C@@H](c1cccc(-c3cnsc3)c1)C[C@H]2n1ccc2c(Cl)ncnc21. The fourth-order valence-corrected chi connectivity index (χ4v) is 5.79. The molecule has 8 heteroatoms. The van der Waals surface area contributed by atoms with Crippen molar-refractivity contribution >= 4 is 34.2 Å². The van der Waals surface area contributed by atoms with Crippen molar-refractivity contribution in [3.05, 3.63) is 65.1 Å². The van der Waals surface area contributed by atoms with Crippen LogP contribution in [0, 0.1) is 0 Å². The Morgan fingerprint density at radius 2 is 2.00 bits per heavy atom. The van der Waals surface area contributed by atoms with Crippen LogP contribution >= 0.6 is 23.1 Å². The maximum absolute atomic E-state index is 6.43. The number of rotatable bonds is 3. The normalized spacial score (nSPS) is 27.1. The van der Waals surface area contributed by atoms with E-state index in [0.717, 1.165) is 23.0 Å². The van der Waals surface area contributed by atoms with Gasteiger partial charge in [-0.25, -0.2) is 14.3 Å². The monoisotopic (exact) mass is 452 g/mol. The van der Waals surface area contributed by atoms with E-state index in [-0.39, 0.29) is 24.2 Å². The van der Waals surface area contributed by atoms with Crippen molar-refractivity contribution in [2.24, 2.45) is 0 Å². The molecule has 0 N–H and O–H groups in total. The predicted molar refractivity (Wildman–Crippen MR) is 120 cm³/mol. The van der Waals surface area contributed by atoms with E-state index in [0.29, 0.717) is 5.15 Å². The zero-order chi connectivity index (χ0) is 21.2. The van der Waals surface area contributed by atoms with Crippen LogP contribution in [0.4, 0.5) is 0 Å². The van der Waals surface area contributed by atoms with Gasteiger partial charge in [0.2, 0.25) is 0 Å². The van der Waals surface area contributed by atoms with Gasteiger partial charge in [-0.2, -0.15) is 0 Å². The van der Waals surface area contributed by atoms with Gasteiger partial charge in [0.25, 0.3) is 0 Å². The lowest BCUT2D eigenvalue weighted by Crippen LogP contribution is -2.27. The summed E-state index contributed by atoms with van der Waals surface area (Å²) in [5, 5.41) is 3.40. The molecule has 31 heavy (non-hydrogen) atoms. The molecule has 1 aliphatic heterocycles. The minimum Gasteiger partial charge on any atom is -0.344 e. The largest absolute Gasteiger partial charge is 0.344 e. The molecule has 4 heterocycles. The Kier molecular flexibility index (Phi) is 4.44. The molecule has 0 spiro atoms. The summed E-state index contributed by atoms with van der Waals surface area (Å²) in [4.78, 5) is 8.62. The standard InChI is InChI=1S/C23H21ClN4O2S/c1-23(2)29-19-17(14-5-3-4-13(8-14)15-10-27-31-11-15)9-18(20(19)30-23)28-7-6-16-21(24)25-12-26-22(16)28/h3-8,10-12,17-20H,9H2,1-2H3/t17-,18-,19-,20+/m1/s1. The zero-order valence-corrected chi connectivity index (χ0v) is 18.7. The lowest BCUT2D eigenvalue weighted by atomic mass is 9.93. The number of ether oxygens (including phenoxy) is 2. The van der Waals surface area contributed by atoms with Gasteiger partial charge in [0, 0.05) is 29.3 Å². The van der Waals surface area contributed by atoms with E-state index < -0.39 is 5.79 Å². The van der Waals surface area contributed by atoms with Crippen LogP contribution in [0.5, 0.6) is 0 Å². The Labute approximate surface area is 189 Å². The predicted octanol–water partition coefficient (Wildman–Crippen LogP) is 5.46. The summed E-state index contributed by atoms with van der Waals surface area (Å²) >= 11 is 7.77. The first-order valence-corrected chi connectivity index (χ1v) is 11.5. The molecular weight excluding hydrogens is 432 g/mol. The Morgan fingerprint density at radius 3 is 2.84 bits per heavy atom. The van der Waals surface area contributed by atoms with Crippen LogP contribution in [0.3, 0.4) is 0 Å². The molecule has 0 unspecified atom stereocenters. The van der Waals surface area contributed by atoms with Crippen molar-refractivity contribution in [2.45, 2.75) is 50.2 Å². The van der Waals surface area contributed by atoms with Gasteiger partial charge in [-0.15, -0.1) is 0 Å². The third-order valence-corrected chi connectivity index (χ3v) is 7.22. The maximum atomic E-state index is 6.43. The molecule has 2 fully saturated rings. The van der Waals surface area contributed by atoms with Crippen molar-refractivity contribution in [1.82, 2.24) is 18.9 Å². The average Bonchev–Trinajstić information content (AvgIpc) is 3.51. The summed E-state index contributed by atoms with van der Waals surface area (Å²) < 4.78 is 19.3. The van der Waals surface area contributed by atoms with Crippen molar-refractivity contribution < 1.29 is 9.47 Å². The zero-order valence-electron chi connectivity index (χ0n) is 17.1. The number of hydrogen-bond acceptors (Lipinski definition) is 6. The number of nitrogens with zero attached hydrogens (tertiary/aromatic N) is 4. The van der Waals surface area contributed by atoms with Crippen LogP contribution in [0.1, 0.15) is 37.8 Å². The molecule has 1 aliphatic carbocycles. The van der Waals surface area contributed by atoms with Crippen molar-refractivity contribution in [3.8, 4) is 11.1 Å². The van der Waals surface area contributed by atoms with E-state index in [9.17, 15) is 0 Å². The lowest BCUT2D eigenvalue weighted by molar-refractivity contribution is -0.157. The second kappa shape index (κ2) is 7.10. The van der Waals surface area contributed by atoms with Crippen LogP contribution in [0.25, 0.3) is 22.2 Å². The molecular formula is C23H21ClN4O2S. The average molecular weight is 453 g/mol. The van der Waals surface area contributed by atoms with E-state index >= 15 is 0 Å². The van der Waals surface area contributed by atoms with Crippen LogP contribution in [0.15, 0.2) is 54.4 Å². The molecule has 4 aromatic rings. The summed E-state index contributed by atoms with van der Waals surface area (Å²) in [7, 11) is 0. The Hall–Kier alpha value is -2.32. The maximum Gasteiger partial charge on any atom is 0.163 e. The number of hydrogen-bond donors (Lipinski definition) is 0. The molecule has 3 aromatic heterocycles. The smallest absolute Gasteiger partial charge is 0.163 e. The summed E-state index contributed by atoms with van der Waals surface area (Å²) in [6.07, 6.45) is 6.25. The minimum atomic E-state index is -0.628. The quantitative estimate of drug-likeness (QED) is 0.386. The second-order valence-electron chi connectivity index (χ2n) is 8.64. The van der Waals surface area contributed by atoms with Crippen LogP contribution < -0.4 is 0 Å². The highest BCUT2D eigenvalue weighted by Gasteiger charge is 2.55. The van der Waals surface area contributed by atoms with E-state index in [1.165, 1.54) is 29.0 Å². The highest BCUT2D eigenvalue weighted by atomic mass is 35.5. The van der Waals surface area contributed by atoms with E-state index in [4.69, 9.17) is 21.1 Å². The first-order chi connectivity index (χ1) is 15.0.